The number of nitrogen functional groups attached to an aromatic ring is 1. The van der Waals surface area contributed by atoms with Gasteiger partial charge in [0.25, 0.3) is 5.91 Å². The number of benzene rings is 2. The van der Waals surface area contributed by atoms with Gasteiger partial charge in [-0.05, 0) is 36.8 Å². The van der Waals surface area contributed by atoms with Gasteiger partial charge in [0.15, 0.2) is 0 Å². The van der Waals surface area contributed by atoms with Gasteiger partial charge in [0.2, 0.25) is 0 Å². The average Bonchev–Trinajstić information content (AvgIpc) is 2.34. The van der Waals surface area contributed by atoms with E-state index >= 15 is 0 Å². The first-order valence-corrected chi connectivity index (χ1v) is 5.50. The van der Waals surface area contributed by atoms with Crippen LogP contribution in [0.1, 0.15) is 15.9 Å². The molecule has 1 amide bonds. The highest BCUT2D eigenvalue weighted by atomic mass is 19.1. The molecule has 4 heteroatoms. The van der Waals surface area contributed by atoms with E-state index < -0.39 is 5.82 Å². The average molecular weight is 244 g/mol. The lowest BCUT2D eigenvalue weighted by atomic mass is 10.1. The number of nitrogens with two attached hydrogens (primary N) is 1. The van der Waals surface area contributed by atoms with Crippen LogP contribution < -0.4 is 11.1 Å². The van der Waals surface area contributed by atoms with Gasteiger partial charge in [-0.1, -0.05) is 18.2 Å². The highest BCUT2D eigenvalue weighted by Crippen LogP contribution is 2.19. The monoisotopic (exact) mass is 244 g/mol. The summed E-state index contributed by atoms with van der Waals surface area (Å²) in [6, 6.07) is 11.2. The molecule has 0 saturated heterocycles. The fourth-order valence-corrected chi connectivity index (χ4v) is 1.66. The molecule has 0 bridgehead atoms. The minimum atomic E-state index is -0.452. The summed E-state index contributed by atoms with van der Waals surface area (Å²) in [7, 11) is 0. The maximum absolute atomic E-state index is 13.6. The molecule has 2 rings (SSSR count). The third kappa shape index (κ3) is 2.48. The van der Waals surface area contributed by atoms with Crippen molar-refractivity contribution in [2.24, 2.45) is 0 Å². The standard InChI is InChI=1S/C14H13FN2O/c1-9-4-2-7-12(15)13(9)17-14(18)10-5-3-6-11(16)8-10/h2-8H,16H2,1H3,(H,17,18). The van der Waals surface area contributed by atoms with E-state index in [-0.39, 0.29) is 11.6 Å². The summed E-state index contributed by atoms with van der Waals surface area (Å²) in [5.74, 6) is -0.831. The zero-order chi connectivity index (χ0) is 13.1. The van der Waals surface area contributed by atoms with Gasteiger partial charge in [0.05, 0.1) is 5.69 Å². The van der Waals surface area contributed by atoms with Gasteiger partial charge in [-0.15, -0.1) is 0 Å². The molecular weight excluding hydrogens is 231 g/mol. The van der Waals surface area contributed by atoms with Gasteiger partial charge < -0.3 is 11.1 Å². The summed E-state index contributed by atoms with van der Waals surface area (Å²) < 4.78 is 13.6. The molecule has 0 heterocycles. The summed E-state index contributed by atoms with van der Waals surface area (Å²) in [6.45, 7) is 1.73. The van der Waals surface area contributed by atoms with Crippen LogP contribution in [0.5, 0.6) is 0 Å². The van der Waals surface area contributed by atoms with Crippen molar-refractivity contribution in [3.05, 3.63) is 59.4 Å². The lowest BCUT2D eigenvalue weighted by Crippen LogP contribution is -2.14. The van der Waals surface area contributed by atoms with Crippen molar-refractivity contribution in [1.29, 1.82) is 0 Å². The smallest absolute Gasteiger partial charge is 0.255 e. The molecule has 2 aromatic carbocycles. The van der Waals surface area contributed by atoms with Gasteiger partial charge in [0, 0.05) is 11.3 Å². The van der Waals surface area contributed by atoms with E-state index in [0.29, 0.717) is 16.8 Å². The Bertz CT molecular complexity index is 576. The number of amides is 1. The van der Waals surface area contributed by atoms with Crippen molar-refractivity contribution in [3.63, 3.8) is 0 Å². The van der Waals surface area contributed by atoms with Gasteiger partial charge in [-0.2, -0.15) is 0 Å². The summed E-state index contributed by atoms with van der Waals surface area (Å²) in [6.07, 6.45) is 0. The minimum Gasteiger partial charge on any atom is -0.399 e. The van der Waals surface area contributed by atoms with Crippen LogP contribution in [-0.2, 0) is 0 Å². The van der Waals surface area contributed by atoms with E-state index in [2.05, 4.69) is 5.32 Å². The lowest BCUT2D eigenvalue weighted by molar-refractivity contribution is 0.102. The van der Waals surface area contributed by atoms with Gasteiger partial charge >= 0.3 is 0 Å². The number of hydrogen-bond acceptors (Lipinski definition) is 2. The Labute approximate surface area is 104 Å². The van der Waals surface area contributed by atoms with E-state index in [9.17, 15) is 9.18 Å². The Morgan fingerprint density at radius 3 is 2.61 bits per heavy atom. The lowest BCUT2D eigenvalue weighted by Gasteiger charge is -2.09. The van der Waals surface area contributed by atoms with E-state index in [1.54, 1.807) is 43.3 Å². The third-order valence-electron chi connectivity index (χ3n) is 2.61. The predicted octanol–water partition coefficient (Wildman–Crippen LogP) is 2.97. The number of aryl methyl sites for hydroxylation is 1. The fraction of sp³-hybridized carbons (Fsp3) is 0.0714. The van der Waals surface area contributed by atoms with Gasteiger partial charge in [0.1, 0.15) is 5.82 Å². The Morgan fingerprint density at radius 1 is 1.22 bits per heavy atom. The van der Waals surface area contributed by atoms with Crippen molar-refractivity contribution >= 4 is 17.3 Å². The number of anilines is 2. The quantitative estimate of drug-likeness (QED) is 0.798. The molecule has 92 valence electrons. The number of nitrogens with one attached hydrogen (secondary N) is 1. The van der Waals surface area contributed by atoms with E-state index in [1.807, 2.05) is 0 Å². The molecule has 0 spiro atoms. The molecule has 0 atom stereocenters. The van der Waals surface area contributed by atoms with Crippen LogP contribution in [0, 0.1) is 12.7 Å². The SMILES string of the molecule is Cc1cccc(F)c1NC(=O)c1cccc(N)c1. The van der Waals surface area contributed by atoms with Gasteiger partial charge in [-0.3, -0.25) is 4.79 Å². The maximum atomic E-state index is 13.6. The fourth-order valence-electron chi connectivity index (χ4n) is 1.66. The van der Waals surface area contributed by atoms with Crippen LogP contribution in [-0.4, -0.2) is 5.91 Å². The Morgan fingerprint density at radius 2 is 1.94 bits per heavy atom. The maximum Gasteiger partial charge on any atom is 0.255 e. The molecule has 0 aromatic heterocycles. The number of halogens is 1. The molecule has 0 aliphatic carbocycles. The largest absolute Gasteiger partial charge is 0.399 e. The van der Waals surface area contributed by atoms with E-state index in [1.165, 1.54) is 6.07 Å². The molecule has 3 nitrogen and oxygen atoms in total. The molecule has 0 aliphatic heterocycles. The molecule has 0 fully saturated rings. The first-order valence-electron chi connectivity index (χ1n) is 5.50. The Hall–Kier alpha value is -2.36. The molecule has 0 aliphatic rings. The minimum absolute atomic E-state index is 0.199. The van der Waals surface area contributed by atoms with Gasteiger partial charge in [-0.25, -0.2) is 4.39 Å². The molecule has 0 unspecified atom stereocenters. The van der Waals surface area contributed by atoms with Crippen molar-refractivity contribution in [2.75, 3.05) is 11.1 Å². The number of rotatable bonds is 2. The van der Waals surface area contributed by atoms with E-state index in [4.69, 9.17) is 5.73 Å². The first kappa shape index (κ1) is 12.1. The zero-order valence-corrected chi connectivity index (χ0v) is 9.91. The topological polar surface area (TPSA) is 55.1 Å². The van der Waals surface area contributed by atoms with Crippen LogP contribution in [0.3, 0.4) is 0 Å². The number of carbonyl (C=O) groups is 1. The second-order valence-corrected chi connectivity index (χ2v) is 4.01. The molecule has 2 aromatic rings. The summed E-state index contributed by atoms with van der Waals surface area (Å²) in [5.41, 5.74) is 7.36. The molecule has 0 saturated carbocycles. The van der Waals surface area contributed by atoms with Crippen LogP contribution >= 0.6 is 0 Å². The summed E-state index contributed by atoms with van der Waals surface area (Å²) >= 11 is 0. The number of carbonyl (C=O) groups excluding carboxylic acids is 1. The summed E-state index contributed by atoms with van der Waals surface area (Å²) in [5, 5.41) is 2.55. The van der Waals surface area contributed by atoms with Crippen molar-refractivity contribution < 1.29 is 9.18 Å². The first-order chi connectivity index (χ1) is 8.58. The van der Waals surface area contributed by atoms with Crippen molar-refractivity contribution in [1.82, 2.24) is 0 Å². The number of hydrogen-bond donors (Lipinski definition) is 2. The normalized spacial score (nSPS) is 10.1. The van der Waals surface area contributed by atoms with Crippen LogP contribution in [0.4, 0.5) is 15.8 Å². The molecule has 3 N–H and O–H groups in total. The predicted molar refractivity (Wildman–Crippen MR) is 69.9 cm³/mol. The number of para-hydroxylation sites is 1. The third-order valence-corrected chi connectivity index (χ3v) is 2.61. The zero-order valence-electron chi connectivity index (χ0n) is 9.91. The van der Waals surface area contributed by atoms with E-state index in [0.717, 1.165) is 0 Å². The van der Waals surface area contributed by atoms with Crippen LogP contribution in [0.25, 0.3) is 0 Å². The highest BCUT2D eigenvalue weighted by Gasteiger charge is 2.11. The molecule has 0 radical (unpaired) electrons. The van der Waals surface area contributed by atoms with Crippen molar-refractivity contribution in [3.8, 4) is 0 Å². The van der Waals surface area contributed by atoms with Crippen LogP contribution in [0.15, 0.2) is 42.5 Å². The molecule has 18 heavy (non-hydrogen) atoms. The molecular formula is C14H13FN2O. The second kappa shape index (κ2) is 4.87. The Balaban J connectivity index is 2.27. The van der Waals surface area contributed by atoms with Crippen molar-refractivity contribution in [2.45, 2.75) is 6.92 Å². The highest BCUT2D eigenvalue weighted by molar-refractivity contribution is 6.05. The Kier molecular flexibility index (Phi) is 3.28. The summed E-state index contributed by atoms with van der Waals surface area (Å²) in [4.78, 5) is 11.9. The van der Waals surface area contributed by atoms with Crippen LogP contribution in [0.2, 0.25) is 0 Å². The second-order valence-electron chi connectivity index (χ2n) is 4.01.